The van der Waals surface area contributed by atoms with Crippen molar-refractivity contribution in [1.82, 2.24) is 0 Å². The maximum atomic E-state index is 13.1. The lowest BCUT2D eigenvalue weighted by Gasteiger charge is -2.26. The summed E-state index contributed by atoms with van der Waals surface area (Å²) in [5, 5.41) is 0. The highest BCUT2D eigenvalue weighted by Crippen LogP contribution is 2.26. The lowest BCUT2D eigenvalue weighted by atomic mass is 10.1. The number of hydrogen-bond donors (Lipinski definition) is 1. The molecule has 0 amide bonds. The lowest BCUT2D eigenvalue weighted by molar-refractivity contribution is -0.905. The second-order valence-corrected chi connectivity index (χ2v) is 14.8. The monoisotopic (exact) mass is 1140 g/mol. The number of piperidine rings is 1. The fraction of sp³-hybridized carbons (Fsp3) is 0.391. The Bertz CT molecular complexity index is 1060. The quantitative estimate of drug-likeness (QED) is 0.196. The fourth-order valence-corrected chi connectivity index (χ4v) is 8.42. The fourth-order valence-electron chi connectivity index (χ4n) is 3.72. The van der Waals surface area contributed by atoms with Gasteiger partial charge in [-0.2, -0.15) is 0 Å². The van der Waals surface area contributed by atoms with Gasteiger partial charge in [-0.3, -0.25) is 0 Å². The number of likely N-dealkylation sites (tertiary alicyclic amines) is 1. The van der Waals surface area contributed by atoms with E-state index < -0.39 is 6.10 Å². The Morgan fingerprint density at radius 3 is 2.24 bits per heavy atom. The van der Waals surface area contributed by atoms with Crippen LogP contribution in [0.25, 0.3) is 0 Å². The van der Waals surface area contributed by atoms with E-state index in [1.54, 1.807) is 0 Å². The average molecular weight is 1140 g/mol. The number of carbonyl (C=O) groups is 2. The van der Waals surface area contributed by atoms with E-state index in [1.807, 2.05) is 24.3 Å². The third-order valence-corrected chi connectivity index (χ3v) is 13.1. The molecule has 0 spiro atoms. The predicted octanol–water partition coefficient (Wildman–Crippen LogP) is 6.16. The molecular weight excluding hydrogens is 1120 g/mol. The largest absolute Gasteiger partial charge is 0.458 e. The van der Waals surface area contributed by atoms with E-state index in [0.29, 0.717) is 17.5 Å². The van der Waals surface area contributed by atoms with Gasteiger partial charge in [-0.25, -0.2) is 9.59 Å². The maximum Gasteiger partial charge on any atom is 0.340 e. The van der Waals surface area contributed by atoms with E-state index >= 15 is 0 Å². The summed E-state index contributed by atoms with van der Waals surface area (Å²) >= 11 is 13.2. The molecule has 1 fully saturated rings. The van der Waals surface area contributed by atoms with Gasteiger partial charge in [0.2, 0.25) is 0 Å². The van der Waals surface area contributed by atoms with Crippen molar-refractivity contribution in [2.75, 3.05) is 26.2 Å². The van der Waals surface area contributed by atoms with Gasteiger partial charge in [0.15, 0.2) is 0 Å². The Balaban J connectivity index is 1.73. The Labute approximate surface area is 281 Å². The number of hydrogen-bond acceptors (Lipinski definition) is 4. The van der Waals surface area contributed by atoms with E-state index in [4.69, 9.17) is 9.47 Å². The summed E-state index contributed by atoms with van der Waals surface area (Å²) in [5.41, 5.74) is 1.13. The number of benzene rings is 2. The zero-order valence-corrected chi connectivity index (χ0v) is 30.9. The molecule has 11 heteroatoms. The minimum Gasteiger partial charge on any atom is -0.458 e. The highest BCUT2D eigenvalue weighted by Gasteiger charge is 2.25. The van der Waals surface area contributed by atoms with Crippen molar-refractivity contribution in [3.63, 3.8) is 0 Å². The van der Waals surface area contributed by atoms with Crippen molar-refractivity contribution < 1.29 is 24.0 Å². The molecule has 184 valence electrons. The number of esters is 2. The summed E-state index contributed by atoms with van der Waals surface area (Å²) in [7, 11) is 0. The molecule has 0 bridgehead atoms. The van der Waals surface area contributed by atoms with Crippen LogP contribution >= 0.6 is 136 Å². The normalized spacial score (nSPS) is 15.1. The number of carbonyl (C=O) groups excluding carboxylic acids is 2. The molecule has 0 aliphatic carbocycles. The summed E-state index contributed by atoms with van der Waals surface area (Å²) < 4.78 is 17.3. The lowest BCUT2D eigenvalue weighted by Crippen LogP contribution is -3.12. The van der Waals surface area contributed by atoms with Crippen LogP contribution < -0.4 is 4.90 Å². The van der Waals surface area contributed by atoms with Gasteiger partial charge in [0.05, 0.1) is 30.8 Å². The first kappa shape index (κ1) is 30.3. The van der Waals surface area contributed by atoms with Crippen molar-refractivity contribution >= 4 is 147 Å². The summed E-state index contributed by atoms with van der Waals surface area (Å²) in [4.78, 5) is 27.6. The van der Waals surface area contributed by atoms with Gasteiger partial charge in [-0.15, -0.1) is 0 Å². The molecule has 1 atom stereocenters. The SMILES string of the molecule is O=C(OC(CC[NH+]1CCCCC1)COC(=O)c1c(I)ccc(I)c1I)c1cc(I)cc(I)c1I. The summed E-state index contributed by atoms with van der Waals surface area (Å²) in [5.74, 6) is -0.744. The zero-order valence-electron chi connectivity index (χ0n) is 17.9. The molecule has 0 saturated carbocycles. The van der Waals surface area contributed by atoms with Crippen molar-refractivity contribution in [3.05, 3.63) is 56.8 Å². The van der Waals surface area contributed by atoms with Crippen LogP contribution in [-0.2, 0) is 9.47 Å². The highest BCUT2D eigenvalue weighted by molar-refractivity contribution is 14.1. The molecule has 1 aliphatic heterocycles. The Kier molecular flexibility index (Phi) is 13.1. The minimum atomic E-state index is -0.490. The molecule has 1 saturated heterocycles. The molecule has 2 aromatic rings. The number of nitrogens with one attached hydrogen (secondary N) is 1. The molecule has 3 rings (SSSR count). The molecule has 0 radical (unpaired) electrons. The van der Waals surface area contributed by atoms with Gasteiger partial charge in [0.1, 0.15) is 12.7 Å². The Hall–Kier alpha value is 1.72. The first-order valence-electron chi connectivity index (χ1n) is 10.7. The summed E-state index contributed by atoms with van der Waals surface area (Å²) in [6.07, 6.45) is 3.92. The molecule has 1 heterocycles. The number of ether oxygens (including phenoxy) is 2. The minimum absolute atomic E-state index is 0.0487. The second-order valence-electron chi connectivity index (χ2n) is 7.94. The number of rotatable bonds is 8. The first-order valence-corrected chi connectivity index (χ1v) is 17.1. The number of halogens is 6. The Morgan fingerprint density at radius 2 is 1.53 bits per heavy atom. The van der Waals surface area contributed by atoms with Crippen LogP contribution in [0.3, 0.4) is 0 Å². The van der Waals surface area contributed by atoms with Crippen LogP contribution in [0.5, 0.6) is 0 Å². The van der Waals surface area contributed by atoms with Gasteiger partial charge in [-0.1, -0.05) is 0 Å². The molecule has 0 aromatic heterocycles. The standard InChI is InChI=1S/C23H21I6NO4/c24-13-10-15(20(28)18(27)11-13)22(31)34-14(6-9-30-7-2-1-3-8-30)12-33-23(32)19-16(25)4-5-17(26)21(19)29/h4-5,10-11,14H,1-3,6-9,12H2/p+1. The van der Waals surface area contributed by atoms with E-state index in [2.05, 4.69) is 136 Å². The topological polar surface area (TPSA) is 57.0 Å². The molecule has 5 nitrogen and oxygen atoms in total. The van der Waals surface area contributed by atoms with E-state index in [1.165, 1.54) is 24.2 Å². The molecule has 1 aliphatic rings. The maximum absolute atomic E-state index is 13.1. The zero-order chi connectivity index (χ0) is 24.8. The predicted molar refractivity (Wildman–Crippen MR) is 183 cm³/mol. The smallest absolute Gasteiger partial charge is 0.340 e. The number of quaternary nitrogens is 1. The molecular formula is C23H22I6NO4+. The van der Waals surface area contributed by atoms with E-state index in [9.17, 15) is 9.59 Å². The van der Waals surface area contributed by atoms with Crippen LogP contribution in [0.1, 0.15) is 46.4 Å². The van der Waals surface area contributed by atoms with E-state index in [-0.39, 0.29) is 18.5 Å². The van der Waals surface area contributed by atoms with Crippen LogP contribution in [0, 0.1) is 21.4 Å². The van der Waals surface area contributed by atoms with Gasteiger partial charge in [-0.05, 0) is 179 Å². The van der Waals surface area contributed by atoms with Gasteiger partial charge in [0, 0.05) is 27.8 Å². The first-order chi connectivity index (χ1) is 16.2. The Morgan fingerprint density at radius 1 is 0.853 bits per heavy atom. The van der Waals surface area contributed by atoms with Gasteiger partial charge < -0.3 is 14.4 Å². The van der Waals surface area contributed by atoms with Gasteiger partial charge >= 0.3 is 11.9 Å². The van der Waals surface area contributed by atoms with E-state index in [0.717, 1.165) is 41.1 Å². The average Bonchev–Trinajstić information content (AvgIpc) is 2.81. The van der Waals surface area contributed by atoms with Crippen molar-refractivity contribution in [2.24, 2.45) is 0 Å². The van der Waals surface area contributed by atoms with Crippen LogP contribution in [0.2, 0.25) is 0 Å². The van der Waals surface area contributed by atoms with Crippen molar-refractivity contribution in [2.45, 2.75) is 31.8 Å². The second kappa shape index (κ2) is 14.8. The molecule has 34 heavy (non-hydrogen) atoms. The molecule has 1 unspecified atom stereocenters. The van der Waals surface area contributed by atoms with Crippen LogP contribution in [-0.4, -0.2) is 44.3 Å². The van der Waals surface area contributed by atoms with Gasteiger partial charge in [0.25, 0.3) is 0 Å². The van der Waals surface area contributed by atoms with Crippen LogP contribution in [0.4, 0.5) is 0 Å². The highest BCUT2D eigenvalue weighted by atomic mass is 127. The third-order valence-electron chi connectivity index (χ3n) is 5.52. The summed E-state index contributed by atoms with van der Waals surface area (Å²) in [6.45, 7) is 3.24. The third kappa shape index (κ3) is 8.62. The van der Waals surface area contributed by atoms with Crippen molar-refractivity contribution in [3.8, 4) is 0 Å². The molecule has 2 aromatic carbocycles. The molecule has 1 N–H and O–H groups in total. The van der Waals surface area contributed by atoms with Crippen LogP contribution in [0.15, 0.2) is 24.3 Å². The summed E-state index contributed by atoms with van der Waals surface area (Å²) in [6, 6.07) is 7.78. The van der Waals surface area contributed by atoms with Crippen molar-refractivity contribution in [1.29, 1.82) is 0 Å².